The Kier molecular flexibility index (Phi) is 3.99. The van der Waals surface area contributed by atoms with Crippen molar-refractivity contribution in [2.24, 2.45) is 11.8 Å². The van der Waals surface area contributed by atoms with Crippen molar-refractivity contribution in [3.8, 4) is 11.1 Å². The van der Waals surface area contributed by atoms with Crippen LogP contribution in [0.2, 0.25) is 0 Å². The van der Waals surface area contributed by atoms with Crippen LogP contribution < -0.4 is 4.90 Å². The van der Waals surface area contributed by atoms with Gasteiger partial charge in [-0.05, 0) is 53.7 Å². The van der Waals surface area contributed by atoms with Crippen LogP contribution in [0.3, 0.4) is 0 Å². The lowest BCUT2D eigenvalue weighted by Crippen LogP contribution is -2.28. The fourth-order valence-electron chi connectivity index (χ4n) is 5.72. The molecule has 0 bridgehead atoms. The molecular formula is C24H23FN4O2. The highest BCUT2D eigenvalue weighted by Gasteiger charge is 2.38. The number of carboxylic acids is 1. The van der Waals surface area contributed by atoms with Gasteiger partial charge < -0.3 is 15.0 Å². The third-order valence-electron chi connectivity index (χ3n) is 7.00. The highest BCUT2D eigenvalue weighted by Crippen LogP contribution is 2.46. The average molecular weight is 418 g/mol. The van der Waals surface area contributed by atoms with Crippen LogP contribution in [0, 0.1) is 17.7 Å². The number of hydrogen-bond donors (Lipinski definition) is 2. The number of aliphatic carboxylic acids is 1. The van der Waals surface area contributed by atoms with Gasteiger partial charge in [-0.2, -0.15) is 0 Å². The summed E-state index contributed by atoms with van der Waals surface area (Å²) in [7, 11) is 2.04. The van der Waals surface area contributed by atoms with E-state index in [2.05, 4.69) is 20.9 Å². The number of likely N-dealkylation sites (tertiary alicyclic amines) is 1. The second kappa shape index (κ2) is 6.65. The van der Waals surface area contributed by atoms with Crippen molar-refractivity contribution < 1.29 is 14.3 Å². The van der Waals surface area contributed by atoms with Crippen LogP contribution in [-0.2, 0) is 11.3 Å². The molecule has 7 heteroatoms. The number of benzene rings is 1. The second-order valence-corrected chi connectivity index (χ2v) is 8.99. The summed E-state index contributed by atoms with van der Waals surface area (Å²) in [5.74, 6) is -0.169. The number of rotatable bonds is 3. The largest absolute Gasteiger partial charge is 0.480 e. The van der Waals surface area contributed by atoms with Crippen LogP contribution in [0.1, 0.15) is 17.7 Å². The SMILES string of the molecule is CN1Cc2c(C3=CC4CN(CC(=O)O)CC4C3)[nH]c3nccc(c23)-c2cc(F)ccc21. The molecule has 0 radical (unpaired) electrons. The zero-order valence-electron chi connectivity index (χ0n) is 17.2. The zero-order valence-corrected chi connectivity index (χ0v) is 17.2. The van der Waals surface area contributed by atoms with Crippen LogP contribution in [-0.4, -0.2) is 52.6 Å². The summed E-state index contributed by atoms with van der Waals surface area (Å²) in [6.07, 6.45) is 5.04. The maximum atomic E-state index is 14.1. The van der Waals surface area contributed by atoms with Gasteiger partial charge in [0.1, 0.15) is 11.5 Å². The van der Waals surface area contributed by atoms with E-state index in [1.807, 2.05) is 24.1 Å². The van der Waals surface area contributed by atoms with E-state index in [0.717, 1.165) is 53.1 Å². The zero-order chi connectivity index (χ0) is 21.3. The number of H-pyrrole nitrogens is 1. The van der Waals surface area contributed by atoms with Crippen LogP contribution >= 0.6 is 0 Å². The van der Waals surface area contributed by atoms with Crippen molar-refractivity contribution in [3.05, 3.63) is 53.6 Å². The Morgan fingerprint density at radius 1 is 1.29 bits per heavy atom. The third kappa shape index (κ3) is 2.87. The summed E-state index contributed by atoms with van der Waals surface area (Å²) in [6, 6.07) is 6.95. The molecular weight excluding hydrogens is 395 g/mol. The number of fused-ring (bicyclic) bond motifs is 3. The maximum Gasteiger partial charge on any atom is 0.317 e. The van der Waals surface area contributed by atoms with E-state index in [9.17, 15) is 9.18 Å². The fraction of sp³-hybridized carbons (Fsp3) is 0.333. The number of hydrogen-bond acceptors (Lipinski definition) is 4. The van der Waals surface area contributed by atoms with Gasteiger partial charge in [-0.25, -0.2) is 9.37 Å². The summed E-state index contributed by atoms with van der Waals surface area (Å²) in [4.78, 5) is 23.4. The van der Waals surface area contributed by atoms with E-state index in [1.165, 1.54) is 17.2 Å². The molecule has 158 valence electrons. The van der Waals surface area contributed by atoms with Gasteiger partial charge in [0, 0.05) is 60.8 Å². The molecule has 1 fully saturated rings. The predicted octanol–water partition coefficient (Wildman–Crippen LogP) is 3.74. The first-order valence-corrected chi connectivity index (χ1v) is 10.6. The minimum atomic E-state index is -0.766. The van der Waals surface area contributed by atoms with Crippen LogP contribution in [0.15, 0.2) is 36.5 Å². The normalized spacial score (nSPS) is 22.4. The first kappa shape index (κ1) is 18.6. The summed E-state index contributed by atoms with van der Waals surface area (Å²) < 4.78 is 14.1. The summed E-state index contributed by atoms with van der Waals surface area (Å²) in [5, 5.41) is 10.2. The van der Waals surface area contributed by atoms with Gasteiger partial charge in [-0.1, -0.05) is 6.08 Å². The number of allylic oxidation sites excluding steroid dienone is 1. The van der Waals surface area contributed by atoms with Gasteiger partial charge in [0.15, 0.2) is 0 Å². The number of carbonyl (C=O) groups is 1. The Morgan fingerprint density at radius 3 is 2.97 bits per heavy atom. The molecule has 2 aliphatic heterocycles. The van der Waals surface area contributed by atoms with Crippen LogP contribution in [0.4, 0.5) is 10.1 Å². The van der Waals surface area contributed by atoms with Crippen molar-refractivity contribution in [2.45, 2.75) is 13.0 Å². The van der Waals surface area contributed by atoms with Crippen LogP contribution in [0.5, 0.6) is 0 Å². The first-order valence-electron chi connectivity index (χ1n) is 10.6. The van der Waals surface area contributed by atoms with Crippen molar-refractivity contribution in [3.63, 3.8) is 0 Å². The highest BCUT2D eigenvalue weighted by atomic mass is 19.1. The minimum Gasteiger partial charge on any atom is -0.480 e. The summed E-state index contributed by atoms with van der Waals surface area (Å²) >= 11 is 0. The number of aromatic amines is 1. The van der Waals surface area contributed by atoms with E-state index in [4.69, 9.17) is 5.11 Å². The molecule has 0 spiro atoms. The van der Waals surface area contributed by atoms with E-state index in [0.29, 0.717) is 18.4 Å². The quantitative estimate of drug-likeness (QED) is 0.678. The number of carboxylic acid groups (broad SMARTS) is 1. The number of nitrogens with one attached hydrogen (secondary N) is 1. The van der Waals surface area contributed by atoms with E-state index in [1.54, 1.807) is 12.3 Å². The van der Waals surface area contributed by atoms with E-state index in [-0.39, 0.29) is 12.4 Å². The maximum absolute atomic E-state index is 14.1. The van der Waals surface area contributed by atoms with Gasteiger partial charge in [0.2, 0.25) is 0 Å². The Hall–Kier alpha value is -3.19. The molecule has 2 N–H and O–H groups in total. The molecule has 4 heterocycles. The standard InChI is InChI=1S/C24H23FN4O2/c1-28-11-19-22-17(18-8-16(25)2-3-20(18)28)4-5-26-24(22)27-23(19)13-6-14-9-29(12-21(30)31)10-15(14)7-13/h2-6,8,14-15H,7,9-12H2,1H3,(H,26,27)(H,30,31). The number of nitrogens with zero attached hydrogens (tertiary/aromatic N) is 3. The molecule has 1 saturated heterocycles. The van der Waals surface area contributed by atoms with Crippen LogP contribution in [0.25, 0.3) is 27.7 Å². The number of pyridine rings is 1. The molecule has 0 amide bonds. The molecule has 3 aliphatic rings. The van der Waals surface area contributed by atoms with Gasteiger partial charge in [0.25, 0.3) is 0 Å². The first-order chi connectivity index (χ1) is 15.0. The highest BCUT2D eigenvalue weighted by molar-refractivity contribution is 6.02. The predicted molar refractivity (Wildman–Crippen MR) is 117 cm³/mol. The molecule has 6 nitrogen and oxygen atoms in total. The Bertz CT molecular complexity index is 1260. The molecule has 3 aromatic rings. The Labute approximate surface area is 179 Å². The Balaban J connectivity index is 1.44. The van der Waals surface area contributed by atoms with Gasteiger partial charge >= 0.3 is 5.97 Å². The molecule has 2 atom stereocenters. The summed E-state index contributed by atoms with van der Waals surface area (Å²) in [6.45, 7) is 2.44. The fourth-order valence-corrected chi connectivity index (χ4v) is 5.72. The van der Waals surface area contributed by atoms with Gasteiger partial charge in [-0.15, -0.1) is 0 Å². The van der Waals surface area contributed by atoms with E-state index < -0.39 is 5.97 Å². The number of halogens is 1. The topological polar surface area (TPSA) is 72.5 Å². The molecule has 2 aromatic heterocycles. The number of aromatic nitrogens is 2. The monoisotopic (exact) mass is 418 g/mol. The lowest BCUT2D eigenvalue weighted by atomic mass is 9.97. The van der Waals surface area contributed by atoms with Crippen molar-refractivity contribution >= 4 is 28.3 Å². The minimum absolute atomic E-state index is 0.112. The molecule has 31 heavy (non-hydrogen) atoms. The average Bonchev–Trinajstić information content (AvgIpc) is 3.36. The lowest BCUT2D eigenvalue weighted by Gasteiger charge is -2.21. The van der Waals surface area contributed by atoms with Crippen molar-refractivity contribution in [1.29, 1.82) is 0 Å². The molecule has 6 rings (SSSR count). The molecule has 2 unspecified atom stereocenters. The molecule has 1 aliphatic carbocycles. The van der Waals surface area contributed by atoms with Crippen molar-refractivity contribution in [2.75, 3.05) is 31.6 Å². The lowest BCUT2D eigenvalue weighted by molar-refractivity contribution is -0.138. The third-order valence-corrected chi connectivity index (χ3v) is 7.00. The Morgan fingerprint density at radius 2 is 2.16 bits per heavy atom. The second-order valence-electron chi connectivity index (χ2n) is 8.99. The van der Waals surface area contributed by atoms with Gasteiger partial charge in [-0.3, -0.25) is 9.69 Å². The number of anilines is 1. The van der Waals surface area contributed by atoms with Gasteiger partial charge in [0.05, 0.1) is 6.54 Å². The van der Waals surface area contributed by atoms with E-state index >= 15 is 0 Å². The summed E-state index contributed by atoms with van der Waals surface area (Å²) in [5.41, 5.74) is 7.35. The smallest absolute Gasteiger partial charge is 0.317 e. The molecule has 0 saturated carbocycles. The van der Waals surface area contributed by atoms with Crippen molar-refractivity contribution in [1.82, 2.24) is 14.9 Å². The molecule has 1 aromatic carbocycles.